The Morgan fingerprint density at radius 2 is 1.88 bits per heavy atom. The molecule has 0 saturated heterocycles. The fourth-order valence-corrected chi connectivity index (χ4v) is 2.14. The summed E-state index contributed by atoms with van der Waals surface area (Å²) in [5.41, 5.74) is -1.00. The van der Waals surface area contributed by atoms with Crippen LogP contribution in [-0.4, -0.2) is 26.6 Å². The fraction of sp³-hybridized carbons (Fsp3) is 0.545. The van der Waals surface area contributed by atoms with Crippen molar-refractivity contribution in [3.8, 4) is 0 Å². The van der Waals surface area contributed by atoms with E-state index in [4.69, 9.17) is 0 Å². The first kappa shape index (κ1) is 11.8. The van der Waals surface area contributed by atoms with Crippen molar-refractivity contribution in [3.05, 3.63) is 18.2 Å². The molecule has 0 radical (unpaired) electrons. The zero-order valence-corrected chi connectivity index (χ0v) is 9.32. The van der Waals surface area contributed by atoms with Gasteiger partial charge in [0.25, 0.3) is 0 Å². The molecule has 0 bridgehead atoms. The van der Waals surface area contributed by atoms with Crippen molar-refractivity contribution in [1.29, 1.82) is 0 Å². The van der Waals surface area contributed by atoms with E-state index in [1.807, 2.05) is 0 Å². The maximum atomic E-state index is 12.7. The fourth-order valence-electron chi connectivity index (χ4n) is 2.14. The first-order valence-corrected chi connectivity index (χ1v) is 5.61. The molecule has 0 unspecified atom stereocenters. The van der Waals surface area contributed by atoms with Crippen LogP contribution >= 0.6 is 0 Å². The summed E-state index contributed by atoms with van der Waals surface area (Å²) in [4.78, 5) is 18.8. The van der Waals surface area contributed by atoms with Crippen LogP contribution in [0.5, 0.6) is 0 Å². The van der Waals surface area contributed by atoms with Crippen LogP contribution in [-0.2, 0) is 4.79 Å². The average Bonchev–Trinajstić information content (AvgIpc) is 2.33. The highest BCUT2D eigenvalue weighted by Gasteiger charge is 2.40. The third-order valence-electron chi connectivity index (χ3n) is 3.09. The van der Waals surface area contributed by atoms with Gasteiger partial charge in [-0.2, -0.15) is 0 Å². The Hall–Kier alpha value is -1.72. The average molecular weight is 239 g/mol. The first-order chi connectivity index (χ1) is 8.12. The maximum absolute atomic E-state index is 12.7. The smallest absolute Gasteiger partial charge is 0.329 e. The van der Waals surface area contributed by atoms with Crippen molar-refractivity contribution in [1.82, 2.24) is 9.97 Å². The van der Waals surface area contributed by atoms with Gasteiger partial charge >= 0.3 is 5.97 Å². The van der Waals surface area contributed by atoms with Gasteiger partial charge in [0.05, 0.1) is 12.4 Å². The molecule has 1 heterocycles. The Balaban J connectivity index is 2.17. The Morgan fingerprint density at radius 3 is 2.41 bits per heavy atom. The van der Waals surface area contributed by atoms with Crippen molar-refractivity contribution < 1.29 is 14.3 Å². The third kappa shape index (κ3) is 2.51. The number of aromatic nitrogens is 2. The van der Waals surface area contributed by atoms with Gasteiger partial charge in [-0.3, -0.25) is 0 Å². The minimum Gasteiger partial charge on any atom is -0.480 e. The summed E-state index contributed by atoms with van der Waals surface area (Å²) in [7, 11) is 0. The van der Waals surface area contributed by atoms with Crippen molar-refractivity contribution in [2.45, 2.75) is 37.6 Å². The van der Waals surface area contributed by atoms with Gasteiger partial charge in [-0.25, -0.2) is 19.2 Å². The number of rotatable bonds is 3. The molecule has 1 saturated carbocycles. The minimum absolute atomic E-state index is 0.163. The molecular formula is C11H14FN3O2. The number of nitrogens with one attached hydrogen (secondary N) is 1. The molecule has 1 aliphatic rings. The molecule has 1 aromatic heterocycles. The van der Waals surface area contributed by atoms with E-state index in [0.717, 1.165) is 31.7 Å². The van der Waals surface area contributed by atoms with Crippen molar-refractivity contribution in [2.24, 2.45) is 0 Å². The van der Waals surface area contributed by atoms with Crippen LogP contribution in [0.25, 0.3) is 0 Å². The van der Waals surface area contributed by atoms with Crippen molar-refractivity contribution in [2.75, 3.05) is 5.32 Å². The molecule has 0 spiro atoms. The maximum Gasteiger partial charge on any atom is 0.329 e. The van der Waals surface area contributed by atoms with E-state index >= 15 is 0 Å². The normalized spacial score (nSPS) is 18.6. The Kier molecular flexibility index (Phi) is 3.21. The van der Waals surface area contributed by atoms with Crippen molar-refractivity contribution >= 4 is 11.9 Å². The van der Waals surface area contributed by atoms with Gasteiger partial charge in [0, 0.05) is 0 Å². The number of aliphatic carboxylic acids is 1. The summed E-state index contributed by atoms with van der Waals surface area (Å²) < 4.78 is 12.7. The highest BCUT2D eigenvalue weighted by atomic mass is 19.1. The van der Waals surface area contributed by atoms with Gasteiger partial charge in [0.1, 0.15) is 5.54 Å². The van der Waals surface area contributed by atoms with Crippen LogP contribution in [0.4, 0.5) is 10.3 Å². The number of hydrogen-bond donors (Lipinski definition) is 2. The van der Waals surface area contributed by atoms with Crippen LogP contribution < -0.4 is 5.32 Å². The van der Waals surface area contributed by atoms with Gasteiger partial charge in [-0.15, -0.1) is 0 Å². The second-order valence-corrected chi connectivity index (χ2v) is 4.30. The van der Waals surface area contributed by atoms with Gasteiger partial charge in [0.15, 0.2) is 5.82 Å². The van der Waals surface area contributed by atoms with Gasteiger partial charge < -0.3 is 10.4 Å². The van der Waals surface area contributed by atoms with Gasteiger partial charge in [-0.05, 0) is 12.8 Å². The summed E-state index contributed by atoms with van der Waals surface area (Å²) in [5.74, 6) is -1.27. The number of carbonyl (C=O) groups is 1. The molecule has 2 N–H and O–H groups in total. The summed E-state index contributed by atoms with van der Waals surface area (Å²) in [6.07, 6.45) is 5.90. The molecule has 0 atom stereocenters. The quantitative estimate of drug-likeness (QED) is 0.841. The standard InChI is InChI=1S/C11H14FN3O2/c12-8-6-13-10(14-7-8)15-11(9(16)17)4-2-1-3-5-11/h6-7H,1-5H2,(H,16,17)(H,13,14,15). The monoisotopic (exact) mass is 239 g/mol. The number of anilines is 1. The van der Waals surface area contributed by atoms with E-state index in [1.165, 1.54) is 0 Å². The van der Waals surface area contributed by atoms with Crippen molar-refractivity contribution in [3.63, 3.8) is 0 Å². The SMILES string of the molecule is O=C(O)C1(Nc2ncc(F)cn2)CCCCC1. The summed E-state index contributed by atoms with van der Waals surface area (Å²) in [5, 5.41) is 12.1. The Morgan fingerprint density at radius 1 is 1.29 bits per heavy atom. The Labute approximate surface area is 98.1 Å². The number of halogens is 1. The molecule has 0 amide bonds. The van der Waals surface area contributed by atoms with E-state index in [9.17, 15) is 14.3 Å². The predicted molar refractivity (Wildman–Crippen MR) is 59.1 cm³/mol. The molecule has 5 nitrogen and oxygen atoms in total. The van der Waals surface area contributed by atoms with E-state index in [2.05, 4.69) is 15.3 Å². The summed E-state index contributed by atoms with van der Waals surface area (Å²) in [6.45, 7) is 0. The molecule has 1 aliphatic carbocycles. The molecule has 0 aliphatic heterocycles. The molecular weight excluding hydrogens is 225 g/mol. The van der Waals surface area contributed by atoms with Crippen LogP contribution in [0.2, 0.25) is 0 Å². The third-order valence-corrected chi connectivity index (χ3v) is 3.09. The Bertz CT molecular complexity index is 402. The summed E-state index contributed by atoms with van der Waals surface area (Å²) >= 11 is 0. The van der Waals surface area contributed by atoms with E-state index in [1.54, 1.807) is 0 Å². The van der Waals surface area contributed by atoms with Crippen LogP contribution in [0.1, 0.15) is 32.1 Å². The zero-order valence-electron chi connectivity index (χ0n) is 9.32. The largest absolute Gasteiger partial charge is 0.480 e. The van der Waals surface area contributed by atoms with E-state index in [0.29, 0.717) is 12.8 Å². The molecule has 92 valence electrons. The lowest BCUT2D eigenvalue weighted by Gasteiger charge is -2.33. The number of nitrogens with zero attached hydrogens (tertiary/aromatic N) is 2. The van der Waals surface area contributed by atoms with Gasteiger partial charge in [0.2, 0.25) is 5.95 Å². The van der Waals surface area contributed by atoms with Crippen LogP contribution in [0, 0.1) is 5.82 Å². The molecule has 17 heavy (non-hydrogen) atoms. The number of hydrogen-bond acceptors (Lipinski definition) is 4. The highest BCUT2D eigenvalue weighted by molar-refractivity contribution is 5.82. The van der Waals surface area contributed by atoms with Crippen LogP contribution in [0.15, 0.2) is 12.4 Å². The molecule has 2 rings (SSSR count). The predicted octanol–water partition coefficient (Wildman–Crippen LogP) is 1.82. The van der Waals surface area contributed by atoms with Crippen LogP contribution in [0.3, 0.4) is 0 Å². The zero-order chi connectivity index (χ0) is 12.3. The molecule has 1 aromatic rings. The van der Waals surface area contributed by atoms with Gasteiger partial charge in [-0.1, -0.05) is 19.3 Å². The second kappa shape index (κ2) is 4.65. The van der Waals surface area contributed by atoms with E-state index in [-0.39, 0.29) is 5.95 Å². The first-order valence-electron chi connectivity index (χ1n) is 5.61. The topological polar surface area (TPSA) is 75.1 Å². The molecule has 0 aromatic carbocycles. The summed E-state index contributed by atoms with van der Waals surface area (Å²) in [6, 6.07) is 0. The van der Waals surface area contributed by atoms with E-state index < -0.39 is 17.3 Å². The number of carboxylic acids is 1. The number of carboxylic acid groups (broad SMARTS) is 1. The second-order valence-electron chi connectivity index (χ2n) is 4.30. The molecule has 6 heteroatoms. The lowest BCUT2D eigenvalue weighted by atomic mass is 9.82. The lowest BCUT2D eigenvalue weighted by Crippen LogP contribution is -2.48. The molecule has 1 fully saturated rings. The minimum atomic E-state index is -1.00. The lowest BCUT2D eigenvalue weighted by molar-refractivity contribution is -0.143. The highest BCUT2D eigenvalue weighted by Crippen LogP contribution is 2.31.